The second kappa shape index (κ2) is 6.51. The van der Waals surface area contributed by atoms with Crippen LogP contribution in [0.3, 0.4) is 0 Å². The molecule has 2 aromatic carbocycles. The largest absolute Gasteiger partial charge is 0.327 e. The lowest BCUT2D eigenvalue weighted by molar-refractivity contribution is 0.618. The van der Waals surface area contributed by atoms with Gasteiger partial charge in [-0.05, 0) is 42.2 Å². The van der Waals surface area contributed by atoms with Crippen molar-refractivity contribution < 1.29 is 4.39 Å². The van der Waals surface area contributed by atoms with Crippen LogP contribution in [0.15, 0.2) is 46.9 Å². The molecule has 0 heterocycles. The van der Waals surface area contributed by atoms with Crippen LogP contribution in [0, 0.1) is 5.82 Å². The molecule has 0 saturated carbocycles. The van der Waals surface area contributed by atoms with E-state index in [-0.39, 0.29) is 11.1 Å². The fraction of sp³-hybridized carbons (Fsp3) is 0.200. The van der Waals surface area contributed by atoms with Crippen molar-refractivity contribution in [3.63, 3.8) is 0 Å². The van der Waals surface area contributed by atoms with Crippen molar-refractivity contribution >= 4 is 27.5 Å². The molecule has 0 radical (unpaired) electrons. The first-order valence-corrected chi connectivity index (χ1v) is 7.16. The fourth-order valence-electron chi connectivity index (χ4n) is 2.03. The summed E-state index contributed by atoms with van der Waals surface area (Å²) in [6.45, 7) is 0. The summed E-state index contributed by atoms with van der Waals surface area (Å²) in [7, 11) is 0. The third kappa shape index (κ3) is 4.03. The quantitative estimate of drug-likeness (QED) is 0.878. The fourth-order valence-corrected chi connectivity index (χ4v) is 2.68. The van der Waals surface area contributed by atoms with E-state index in [1.165, 1.54) is 6.07 Å². The summed E-state index contributed by atoms with van der Waals surface area (Å²) >= 11 is 9.36. The summed E-state index contributed by atoms with van der Waals surface area (Å²) < 4.78 is 14.4. The third-order valence-corrected chi connectivity index (χ3v) is 3.82. The normalized spacial score (nSPS) is 12.4. The van der Waals surface area contributed by atoms with Crippen LogP contribution in [0.5, 0.6) is 0 Å². The molecule has 1 atom stereocenters. The van der Waals surface area contributed by atoms with Crippen molar-refractivity contribution in [2.75, 3.05) is 0 Å². The number of benzene rings is 2. The summed E-state index contributed by atoms with van der Waals surface area (Å²) in [6.07, 6.45) is 1.29. The molecule has 0 aliphatic carbocycles. The summed E-state index contributed by atoms with van der Waals surface area (Å²) in [5, 5.41) is 0.173. The molecule has 0 aliphatic heterocycles. The maximum absolute atomic E-state index is 13.3. The van der Waals surface area contributed by atoms with E-state index in [1.54, 1.807) is 6.07 Å². The molecule has 1 nitrogen and oxygen atoms in total. The second-order valence-corrected chi connectivity index (χ2v) is 5.80. The van der Waals surface area contributed by atoms with Gasteiger partial charge in [-0.1, -0.05) is 51.8 Å². The molecule has 100 valence electrons. The number of nitrogens with two attached hydrogens (primary N) is 1. The Labute approximate surface area is 125 Å². The predicted octanol–water partition coefficient (Wildman–Crippen LogP) is 4.35. The SMILES string of the molecule is NC(Cc1cccc(Br)c1)Cc1cccc(F)c1Cl. The molecule has 19 heavy (non-hydrogen) atoms. The zero-order valence-corrected chi connectivity index (χ0v) is 12.6. The summed E-state index contributed by atoms with van der Waals surface area (Å²) in [6, 6.07) is 12.7. The van der Waals surface area contributed by atoms with Gasteiger partial charge in [0.1, 0.15) is 5.82 Å². The highest BCUT2D eigenvalue weighted by Crippen LogP contribution is 2.21. The lowest BCUT2D eigenvalue weighted by atomic mass is 10.00. The minimum Gasteiger partial charge on any atom is -0.327 e. The topological polar surface area (TPSA) is 26.0 Å². The molecule has 0 spiro atoms. The van der Waals surface area contributed by atoms with Gasteiger partial charge in [0.2, 0.25) is 0 Å². The Morgan fingerprint density at radius 2 is 1.89 bits per heavy atom. The molecule has 0 fully saturated rings. The van der Waals surface area contributed by atoms with Crippen LogP contribution in [0.2, 0.25) is 5.02 Å². The second-order valence-electron chi connectivity index (χ2n) is 4.51. The molecule has 1 unspecified atom stereocenters. The van der Waals surface area contributed by atoms with Crippen LogP contribution in [-0.2, 0) is 12.8 Å². The van der Waals surface area contributed by atoms with Gasteiger partial charge in [-0.15, -0.1) is 0 Å². The molecule has 2 rings (SSSR count). The van der Waals surface area contributed by atoms with Crippen molar-refractivity contribution in [3.05, 3.63) is 68.9 Å². The summed E-state index contributed by atoms with van der Waals surface area (Å²) in [4.78, 5) is 0. The third-order valence-electron chi connectivity index (χ3n) is 2.90. The minimum absolute atomic E-state index is 0.0893. The molecule has 2 aromatic rings. The number of hydrogen-bond donors (Lipinski definition) is 1. The Morgan fingerprint density at radius 3 is 2.63 bits per heavy atom. The lowest BCUT2D eigenvalue weighted by Crippen LogP contribution is -2.25. The molecule has 0 aromatic heterocycles. The monoisotopic (exact) mass is 341 g/mol. The standard InChI is InChI=1S/C15H14BrClFN/c16-12-5-1-3-10(7-12)8-13(19)9-11-4-2-6-14(18)15(11)17/h1-7,13H,8-9,19H2. The number of halogens is 3. The first kappa shape index (κ1) is 14.5. The Kier molecular flexibility index (Phi) is 4.97. The molecule has 0 amide bonds. The molecule has 0 saturated heterocycles. The molecule has 0 bridgehead atoms. The average Bonchev–Trinajstić information content (AvgIpc) is 2.35. The van der Waals surface area contributed by atoms with Gasteiger partial charge in [0.15, 0.2) is 0 Å². The van der Waals surface area contributed by atoms with Gasteiger partial charge >= 0.3 is 0 Å². The van der Waals surface area contributed by atoms with Crippen molar-refractivity contribution in [1.29, 1.82) is 0 Å². The van der Waals surface area contributed by atoms with Crippen molar-refractivity contribution in [3.8, 4) is 0 Å². The lowest BCUT2D eigenvalue weighted by Gasteiger charge is -2.13. The average molecular weight is 343 g/mol. The highest BCUT2D eigenvalue weighted by atomic mass is 79.9. The van der Waals surface area contributed by atoms with Gasteiger partial charge in [0.25, 0.3) is 0 Å². The molecular weight excluding hydrogens is 329 g/mol. The van der Waals surface area contributed by atoms with Crippen molar-refractivity contribution in [2.24, 2.45) is 5.73 Å². The zero-order valence-electron chi connectivity index (χ0n) is 10.2. The van der Waals surface area contributed by atoms with E-state index in [0.29, 0.717) is 6.42 Å². The van der Waals surface area contributed by atoms with Crippen LogP contribution < -0.4 is 5.73 Å². The molecular formula is C15H14BrClFN. The first-order valence-electron chi connectivity index (χ1n) is 5.99. The van der Waals surface area contributed by atoms with Gasteiger partial charge in [0.05, 0.1) is 5.02 Å². The van der Waals surface area contributed by atoms with Crippen LogP contribution in [0.25, 0.3) is 0 Å². The van der Waals surface area contributed by atoms with E-state index >= 15 is 0 Å². The van der Waals surface area contributed by atoms with Gasteiger partial charge in [0, 0.05) is 10.5 Å². The maximum Gasteiger partial charge on any atom is 0.142 e. The smallest absolute Gasteiger partial charge is 0.142 e. The van der Waals surface area contributed by atoms with Crippen LogP contribution in [0.1, 0.15) is 11.1 Å². The Morgan fingerprint density at radius 1 is 1.16 bits per heavy atom. The summed E-state index contributed by atoms with van der Waals surface area (Å²) in [5.41, 5.74) is 8.01. The van der Waals surface area contributed by atoms with Crippen LogP contribution in [-0.4, -0.2) is 6.04 Å². The van der Waals surface area contributed by atoms with Crippen molar-refractivity contribution in [2.45, 2.75) is 18.9 Å². The van der Waals surface area contributed by atoms with Crippen LogP contribution >= 0.6 is 27.5 Å². The van der Waals surface area contributed by atoms with E-state index in [0.717, 1.165) is 22.0 Å². The van der Waals surface area contributed by atoms with Crippen molar-refractivity contribution in [1.82, 2.24) is 0 Å². The van der Waals surface area contributed by atoms with Gasteiger partial charge in [-0.25, -0.2) is 4.39 Å². The van der Waals surface area contributed by atoms with Gasteiger partial charge in [-0.3, -0.25) is 0 Å². The Hall–Kier alpha value is -0.900. The minimum atomic E-state index is -0.395. The predicted molar refractivity (Wildman–Crippen MR) is 80.9 cm³/mol. The van der Waals surface area contributed by atoms with Gasteiger partial charge < -0.3 is 5.73 Å². The highest BCUT2D eigenvalue weighted by molar-refractivity contribution is 9.10. The van der Waals surface area contributed by atoms with Crippen LogP contribution in [0.4, 0.5) is 4.39 Å². The maximum atomic E-state index is 13.3. The number of rotatable bonds is 4. The van der Waals surface area contributed by atoms with E-state index in [2.05, 4.69) is 15.9 Å². The van der Waals surface area contributed by atoms with E-state index in [1.807, 2.05) is 30.3 Å². The Bertz CT molecular complexity index is 574. The van der Waals surface area contributed by atoms with E-state index in [9.17, 15) is 4.39 Å². The van der Waals surface area contributed by atoms with E-state index in [4.69, 9.17) is 17.3 Å². The zero-order chi connectivity index (χ0) is 13.8. The number of hydrogen-bond acceptors (Lipinski definition) is 1. The van der Waals surface area contributed by atoms with Gasteiger partial charge in [-0.2, -0.15) is 0 Å². The van der Waals surface area contributed by atoms with E-state index < -0.39 is 5.82 Å². The highest BCUT2D eigenvalue weighted by Gasteiger charge is 2.11. The summed E-state index contributed by atoms with van der Waals surface area (Å²) in [5.74, 6) is -0.395. The first-order chi connectivity index (χ1) is 9.06. The Balaban J connectivity index is 2.05. The molecule has 2 N–H and O–H groups in total. The molecule has 4 heteroatoms. The molecule has 0 aliphatic rings.